The molecule has 2 aromatic rings. The van der Waals surface area contributed by atoms with E-state index in [1.165, 1.54) is 25.3 Å². The van der Waals surface area contributed by atoms with Gasteiger partial charge in [0.25, 0.3) is 0 Å². The Morgan fingerprint density at radius 3 is 2.90 bits per heavy atom. The van der Waals surface area contributed by atoms with Gasteiger partial charge in [-0.3, -0.25) is 4.98 Å². The lowest BCUT2D eigenvalue weighted by Gasteiger charge is -2.17. The molecule has 0 aliphatic heterocycles. The molecule has 0 bridgehead atoms. The number of aromatic nitrogens is 1. The number of halogens is 1. The van der Waals surface area contributed by atoms with Gasteiger partial charge in [0.05, 0.1) is 11.2 Å². The van der Waals surface area contributed by atoms with Crippen LogP contribution in [-0.4, -0.2) is 11.0 Å². The average molecular weight is 289 g/mol. The molecule has 3 N–H and O–H groups in total. The summed E-state index contributed by atoms with van der Waals surface area (Å²) in [5.41, 5.74) is 7.36. The molecule has 1 aromatic carbocycles. The van der Waals surface area contributed by atoms with Gasteiger partial charge in [0.1, 0.15) is 0 Å². The molecule has 1 atom stereocenters. The summed E-state index contributed by atoms with van der Waals surface area (Å²) in [6.45, 7) is 4.28. The maximum absolute atomic E-state index is 14.2. The van der Waals surface area contributed by atoms with Crippen molar-refractivity contribution in [2.45, 2.75) is 52.0 Å². The summed E-state index contributed by atoms with van der Waals surface area (Å²) < 4.78 is 14.2. The van der Waals surface area contributed by atoms with Crippen molar-refractivity contribution in [1.82, 2.24) is 4.98 Å². The standard InChI is InChI=1S/C17H24FN3/c1-3-4-5-6-8-12(2)21-17-14(18)11-15(19)13-9-7-10-20-16(13)17/h7,9-12,21H,3-6,8,19H2,1-2H3. The number of pyridine rings is 1. The normalized spacial score (nSPS) is 12.5. The number of fused-ring (bicyclic) bond motifs is 1. The first-order chi connectivity index (χ1) is 10.1. The second-order valence-corrected chi connectivity index (χ2v) is 5.62. The Kier molecular flexibility index (Phi) is 5.37. The molecule has 3 nitrogen and oxygen atoms in total. The molecule has 1 aromatic heterocycles. The molecule has 1 unspecified atom stereocenters. The van der Waals surface area contributed by atoms with E-state index in [0.29, 0.717) is 16.9 Å². The largest absolute Gasteiger partial charge is 0.398 e. The summed E-state index contributed by atoms with van der Waals surface area (Å²) in [6.07, 6.45) is 7.56. The van der Waals surface area contributed by atoms with E-state index in [9.17, 15) is 4.39 Å². The summed E-state index contributed by atoms with van der Waals surface area (Å²) in [7, 11) is 0. The second-order valence-electron chi connectivity index (χ2n) is 5.62. The van der Waals surface area contributed by atoms with E-state index in [0.717, 1.165) is 18.2 Å². The molecule has 21 heavy (non-hydrogen) atoms. The van der Waals surface area contributed by atoms with E-state index in [-0.39, 0.29) is 11.9 Å². The Balaban J connectivity index is 2.14. The zero-order valence-electron chi connectivity index (χ0n) is 12.8. The first-order valence-electron chi connectivity index (χ1n) is 7.72. The molecule has 1 heterocycles. The maximum Gasteiger partial charge on any atom is 0.150 e. The summed E-state index contributed by atoms with van der Waals surface area (Å²) in [5, 5.41) is 4.06. The van der Waals surface area contributed by atoms with Crippen molar-refractivity contribution < 1.29 is 4.39 Å². The SMILES string of the molecule is CCCCCCC(C)Nc1c(F)cc(N)c2cccnc12. The number of benzene rings is 1. The minimum atomic E-state index is -0.334. The molecule has 0 saturated carbocycles. The predicted molar refractivity (Wildman–Crippen MR) is 88.0 cm³/mol. The van der Waals surface area contributed by atoms with Crippen molar-refractivity contribution >= 4 is 22.3 Å². The fourth-order valence-corrected chi connectivity index (χ4v) is 2.57. The zero-order valence-corrected chi connectivity index (χ0v) is 12.8. The molecule has 0 amide bonds. The molecule has 4 heteroatoms. The van der Waals surface area contributed by atoms with Gasteiger partial charge < -0.3 is 11.1 Å². The van der Waals surface area contributed by atoms with E-state index in [2.05, 4.69) is 24.1 Å². The quantitative estimate of drug-likeness (QED) is 0.572. The number of nitrogens with one attached hydrogen (secondary N) is 1. The lowest BCUT2D eigenvalue weighted by molar-refractivity contribution is 0.586. The Hall–Kier alpha value is -1.84. The molecular weight excluding hydrogens is 265 g/mol. The minimum Gasteiger partial charge on any atom is -0.398 e. The summed E-state index contributed by atoms with van der Waals surface area (Å²) in [5.74, 6) is -0.334. The fraction of sp³-hybridized carbons (Fsp3) is 0.471. The minimum absolute atomic E-state index is 0.213. The van der Waals surface area contributed by atoms with Crippen molar-refractivity contribution in [3.8, 4) is 0 Å². The predicted octanol–water partition coefficient (Wildman–Crippen LogP) is 4.73. The van der Waals surface area contributed by atoms with Crippen LogP contribution in [0.3, 0.4) is 0 Å². The number of anilines is 2. The van der Waals surface area contributed by atoms with Crippen LogP contribution in [-0.2, 0) is 0 Å². The third kappa shape index (κ3) is 3.84. The Labute approximate surface area is 125 Å². The number of unbranched alkanes of at least 4 members (excludes halogenated alkanes) is 3. The van der Waals surface area contributed by atoms with Crippen LogP contribution in [0.1, 0.15) is 46.0 Å². The highest BCUT2D eigenvalue weighted by atomic mass is 19.1. The van der Waals surface area contributed by atoms with E-state index >= 15 is 0 Å². The van der Waals surface area contributed by atoms with Crippen LogP contribution in [0.25, 0.3) is 10.9 Å². The van der Waals surface area contributed by atoms with Crippen LogP contribution in [0, 0.1) is 5.82 Å². The van der Waals surface area contributed by atoms with Crippen molar-refractivity contribution in [3.05, 3.63) is 30.2 Å². The van der Waals surface area contributed by atoms with Gasteiger partial charge >= 0.3 is 0 Å². The fourth-order valence-electron chi connectivity index (χ4n) is 2.57. The molecule has 0 aliphatic carbocycles. The smallest absolute Gasteiger partial charge is 0.150 e. The second kappa shape index (κ2) is 7.25. The van der Waals surface area contributed by atoms with Gasteiger partial charge in [-0.25, -0.2) is 4.39 Å². The molecule has 114 valence electrons. The number of hydrogen-bond acceptors (Lipinski definition) is 3. The van der Waals surface area contributed by atoms with Crippen LogP contribution >= 0.6 is 0 Å². The first kappa shape index (κ1) is 15.5. The van der Waals surface area contributed by atoms with Gasteiger partial charge in [-0.2, -0.15) is 0 Å². The van der Waals surface area contributed by atoms with E-state index in [1.54, 1.807) is 6.20 Å². The van der Waals surface area contributed by atoms with E-state index < -0.39 is 0 Å². The van der Waals surface area contributed by atoms with Crippen LogP contribution in [0.5, 0.6) is 0 Å². The van der Waals surface area contributed by atoms with E-state index in [4.69, 9.17) is 5.73 Å². The highest BCUT2D eigenvalue weighted by molar-refractivity contribution is 5.98. The lowest BCUT2D eigenvalue weighted by Crippen LogP contribution is -2.16. The molecule has 0 spiro atoms. The van der Waals surface area contributed by atoms with Crippen molar-refractivity contribution in [1.29, 1.82) is 0 Å². The Bertz CT molecular complexity index is 598. The molecule has 0 aliphatic rings. The average Bonchev–Trinajstić information content (AvgIpc) is 2.48. The Morgan fingerprint density at radius 2 is 2.14 bits per heavy atom. The summed E-state index contributed by atoms with van der Waals surface area (Å²) in [4.78, 5) is 4.28. The number of nitrogens with two attached hydrogens (primary N) is 1. The van der Waals surface area contributed by atoms with Gasteiger partial charge in [-0.05, 0) is 31.5 Å². The maximum atomic E-state index is 14.2. The lowest BCUT2D eigenvalue weighted by atomic mass is 10.1. The molecule has 0 fully saturated rings. The van der Waals surface area contributed by atoms with Gasteiger partial charge in [0, 0.05) is 23.3 Å². The highest BCUT2D eigenvalue weighted by Crippen LogP contribution is 2.30. The van der Waals surface area contributed by atoms with Gasteiger partial charge in [0.15, 0.2) is 5.82 Å². The van der Waals surface area contributed by atoms with Crippen molar-refractivity contribution in [2.75, 3.05) is 11.1 Å². The number of nitrogens with zero attached hydrogens (tertiary/aromatic N) is 1. The van der Waals surface area contributed by atoms with Crippen LogP contribution in [0.15, 0.2) is 24.4 Å². The van der Waals surface area contributed by atoms with Gasteiger partial charge in [-0.15, -0.1) is 0 Å². The number of hydrogen-bond donors (Lipinski definition) is 2. The van der Waals surface area contributed by atoms with Crippen LogP contribution in [0.4, 0.5) is 15.8 Å². The number of rotatable bonds is 7. The monoisotopic (exact) mass is 289 g/mol. The Morgan fingerprint density at radius 1 is 1.33 bits per heavy atom. The third-order valence-corrected chi connectivity index (χ3v) is 3.76. The highest BCUT2D eigenvalue weighted by Gasteiger charge is 2.13. The van der Waals surface area contributed by atoms with Crippen molar-refractivity contribution in [2.24, 2.45) is 0 Å². The van der Waals surface area contributed by atoms with Crippen LogP contribution in [0.2, 0.25) is 0 Å². The van der Waals surface area contributed by atoms with Gasteiger partial charge in [-0.1, -0.05) is 32.6 Å². The zero-order chi connectivity index (χ0) is 15.2. The van der Waals surface area contributed by atoms with Crippen molar-refractivity contribution in [3.63, 3.8) is 0 Å². The summed E-state index contributed by atoms with van der Waals surface area (Å²) in [6, 6.07) is 5.27. The van der Waals surface area contributed by atoms with Crippen LogP contribution < -0.4 is 11.1 Å². The molecule has 2 rings (SSSR count). The van der Waals surface area contributed by atoms with Gasteiger partial charge in [0.2, 0.25) is 0 Å². The third-order valence-electron chi connectivity index (χ3n) is 3.76. The molecular formula is C17H24FN3. The number of nitrogen functional groups attached to an aromatic ring is 1. The topological polar surface area (TPSA) is 50.9 Å². The first-order valence-corrected chi connectivity index (χ1v) is 7.72. The molecule has 0 saturated heterocycles. The van der Waals surface area contributed by atoms with E-state index in [1.807, 2.05) is 12.1 Å². The molecule has 0 radical (unpaired) electrons. The summed E-state index contributed by atoms with van der Waals surface area (Å²) >= 11 is 0.